The van der Waals surface area contributed by atoms with E-state index in [0.29, 0.717) is 30.2 Å². The van der Waals surface area contributed by atoms with Crippen LogP contribution in [0, 0.1) is 20.2 Å². The number of benzene rings is 1. The van der Waals surface area contributed by atoms with Crippen molar-refractivity contribution in [2.24, 2.45) is 0 Å². The highest BCUT2D eigenvalue weighted by Crippen LogP contribution is 2.40. The summed E-state index contributed by atoms with van der Waals surface area (Å²) in [6.45, 7) is 3.61. The van der Waals surface area contributed by atoms with Crippen LogP contribution >= 0.6 is 11.8 Å². The second-order valence-corrected chi connectivity index (χ2v) is 7.52. The van der Waals surface area contributed by atoms with Crippen LogP contribution in [0.1, 0.15) is 25.3 Å². The van der Waals surface area contributed by atoms with Crippen LogP contribution in [-0.4, -0.2) is 46.9 Å². The monoisotopic (exact) mass is 450 g/mol. The fraction of sp³-hybridized carbons (Fsp3) is 0.368. The number of carbonyl (C=O) groups excluding carboxylic acids is 2. The number of nitrogens with one attached hydrogen (secondary N) is 2. The standard InChI is InChI=1S/C19H22N4O7S/c1-3-30-19(25)17-15(10-31-8-7-20-11-24)21-12(2)18(23(28)29)16(17)13-5-4-6-14(9-13)22(26)27/h4-6,9,11,16,21H,3,7-8,10H2,1-2H3,(H,20,24). The van der Waals surface area contributed by atoms with Gasteiger partial charge in [0.2, 0.25) is 6.41 Å². The van der Waals surface area contributed by atoms with Crippen LogP contribution < -0.4 is 10.6 Å². The van der Waals surface area contributed by atoms with Gasteiger partial charge < -0.3 is 15.4 Å². The van der Waals surface area contributed by atoms with E-state index in [-0.39, 0.29) is 34.8 Å². The van der Waals surface area contributed by atoms with Crippen molar-refractivity contribution < 1.29 is 24.2 Å². The SMILES string of the molecule is CCOC(=O)C1=C(CSCCNC=O)NC(C)=C([N+](=O)[O-])C1c1cccc([N+](=O)[O-])c1. The summed E-state index contributed by atoms with van der Waals surface area (Å²) in [5, 5.41) is 28.6. The summed E-state index contributed by atoms with van der Waals surface area (Å²) in [6.07, 6.45) is 0.581. The van der Waals surface area contributed by atoms with Crippen molar-refractivity contribution in [3.05, 3.63) is 72.7 Å². The molecule has 1 aliphatic rings. The number of nitro groups is 2. The normalized spacial score (nSPS) is 15.9. The molecule has 1 atom stereocenters. The van der Waals surface area contributed by atoms with Crippen molar-refractivity contribution in [2.45, 2.75) is 19.8 Å². The molecule has 1 unspecified atom stereocenters. The predicted molar refractivity (Wildman–Crippen MR) is 114 cm³/mol. The molecule has 0 radical (unpaired) electrons. The Balaban J connectivity index is 2.58. The van der Waals surface area contributed by atoms with Gasteiger partial charge in [-0.2, -0.15) is 11.8 Å². The van der Waals surface area contributed by atoms with Gasteiger partial charge in [-0.05, 0) is 19.4 Å². The number of dihydropyridines is 1. The molecule has 0 saturated carbocycles. The van der Waals surface area contributed by atoms with Gasteiger partial charge in [-0.3, -0.25) is 25.0 Å². The molecule has 31 heavy (non-hydrogen) atoms. The van der Waals surface area contributed by atoms with E-state index in [2.05, 4.69) is 10.6 Å². The number of nitro benzene ring substituents is 1. The Morgan fingerprint density at radius 1 is 1.32 bits per heavy atom. The van der Waals surface area contributed by atoms with Crippen molar-refractivity contribution in [3.63, 3.8) is 0 Å². The van der Waals surface area contributed by atoms with Gasteiger partial charge in [0.05, 0.1) is 27.7 Å². The molecular formula is C19H22N4O7S. The molecule has 2 N–H and O–H groups in total. The number of nitrogens with zero attached hydrogens (tertiary/aromatic N) is 2. The first-order valence-corrected chi connectivity index (χ1v) is 10.5. The highest BCUT2D eigenvalue weighted by Gasteiger charge is 2.42. The Hall–Kier alpha value is -3.41. The molecule has 0 aromatic heterocycles. The van der Waals surface area contributed by atoms with Gasteiger partial charge in [-0.1, -0.05) is 12.1 Å². The minimum absolute atomic E-state index is 0.0375. The van der Waals surface area contributed by atoms with E-state index in [1.807, 2.05) is 0 Å². The number of amides is 1. The van der Waals surface area contributed by atoms with Crippen molar-refractivity contribution >= 4 is 29.8 Å². The van der Waals surface area contributed by atoms with E-state index in [1.165, 1.54) is 43.0 Å². The van der Waals surface area contributed by atoms with Gasteiger partial charge in [-0.25, -0.2) is 4.79 Å². The first-order valence-electron chi connectivity index (χ1n) is 9.33. The van der Waals surface area contributed by atoms with Gasteiger partial charge in [-0.15, -0.1) is 0 Å². The Morgan fingerprint density at radius 3 is 2.68 bits per heavy atom. The van der Waals surface area contributed by atoms with Crippen molar-refractivity contribution in [2.75, 3.05) is 24.7 Å². The quantitative estimate of drug-likeness (QED) is 0.169. The maximum atomic E-state index is 12.9. The van der Waals surface area contributed by atoms with Crippen LogP contribution in [0.4, 0.5) is 5.69 Å². The van der Waals surface area contributed by atoms with E-state index in [0.717, 1.165) is 0 Å². The Kier molecular flexibility index (Phi) is 8.55. The molecule has 1 heterocycles. The van der Waals surface area contributed by atoms with Crippen LogP contribution in [0.5, 0.6) is 0 Å². The molecule has 0 bridgehead atoms. The van der Waals surface area contributed by atoms with Gasteiger partial charge in [0.1, 0.15) is 5.92 Å². The molecule has 0 aliphatic carbocycles. The van der Waals surface area contributed by atoms with Crippen LogP contribution in [0.2, 0.25) is 0 Å². The topological polar surface area (TPSA) is 154 Å². The number of thioether (sulfide) groups is 1. The first kappa shape index (κ1) is 23.9. The number of carbonyl (C=O) groups is 2. The van der Waals surface area contributed by atoms with Gasteiger partial charge in [0, 0.05) is 35.9 Å². The second kappa shape index (κ2) is 11.1. The number of hydrogen-bond acceptors (Lipinski definition) is 9. The zero-order chi connectivity index (χ0) is 23.0. The van der Waals surface area contributed by atoms with Crippen LogP contribution in [0.3, 0.4) is 0 Å². The van der Waals surface area contributed by atoms with Crippen LogP contribution in [0.15, 0.2) is 46.9 Å². The van der Waals surface area contributed by atoms with Crippen molar-refractivity contribution in [1.29, 1.82) is 0 Å². The molecule has 11 nitrogen and oxygen atoms in total. The van der Waals surface area contributed by atoms with Gasteiger partial charge in [0.25, 0.3) is 11.4 Å². The summed E-state index contributed by atoms with van der Waals surface area (Å²) in [5.74, 6) is -1.03. The molecule has 12 heteroatoms. The number of esters is 1. The van der Waals surface area contributed by atoms with E-state index < -0.39 is 21.7 Å². The summed E-state index contributed by atoms with van der Waals surface area (Å²) in [7, 11) is 0. The summed E-state index contributed by atoms with van der Waals surface area (Å²) < 4.78 is 5.17. The molecule has 166 valence electrons. The highest BCUT2D eigenvalue weighted by molar-refractivity contribution is 7.99. The molecule has 0 fully saturated rings. The number of hydrogen-bond donors (Lipinski definition) is 2. The smallest absolute Gasteiger partial charge is 0.337 e. The third kappa shape index (κ3) is 5.81. The molecule has 1 amide bonds. The molecule has 0 spiro atoms. The maximum absolute atomic E-state index is 12.9. The molecule has 1 aromatic carbocycles. The zero-order valence-corrected chi connectivity index (χ0v) is 17.8. The van der Waals surface area contributed by atoms with E-state index in [4.69, 9.17) is 4.74 Å². The van der Waals surface area contributed by atoms with E-state index in [9.17, 15) is 29.8 Å². The van der Waals surface area contributed by atoms with Crippen molar-refractivity contribution in [3.8, 4) is 0 Å². The predicted octanol–water partition coefficient (Wildman–Crippen LogP) is 2.09. The summed E-state index contributed by atoms with van der Waals surface area (Å²) >= 11 is 1.41. The van der Waals surface area contributed by atoms with Gasteiger partial charge in [0.15, 0.2) is 0 Å². The summed E-state index contributed by atoms with van der Waals surface area (Å²) in [5.41, 5.74) is 0.422. The Bertz CT molecular complexity index is 945. The average molecular weight is 450 g/mol. The fourth-order valence-corrected chi connectivity index (χ4v) is 4.04. The Labute approximate surface area is 182 Å². The number of allylic oxidation sites excluding steroid dienone is 2. The second-order valence-electron chi connectivity index (χ2n) is 6.41. The minimum Gasteiger partial charge on any atom is -0.463 e. The first-order chi connectivity index (χ1) is 14.8. The molecule has 0 saturated heterocycles. The summed E-state index contributed by atoms with van der Waals surface area (Å²) in [6, 6.07) is 5.44. The van der Waals surface area contributed by atoms with Crippen LogP contribution in [-0.2, 0) is 14.3 Å². The van der Waals surface area contributed by atoms with Crippen LogP contribution in [0.25, 0.3) is 0 Å². The van der Waals surface area contributed by atoms with E-state index >= 15 is 0 Å². The third-order valence-corrected chi connectivity index (χ3v) is 5.42. The lowest BCUT2D eigenvalue weighted by atomic mass is 9.84. The van der Waals surface area contributed by atoms with Crippen molar-refractivity contribution in [1.82, 2.24) is 10.6 Å². The lowest BCUT2D eigenvalue weighted by Crippen LogP contribution is -2.33. The number of rotatable bonds is 11. The zero-order valence-electron chi connectivity index (χ0n) is 17.0. The average Bonchev–Trinajstić information content (AvgIpc) is 2.72. The number of ether oxygens (including phenoxy) is 1. The number of non-ortho nitro benzene ring substituents is 1. The van der Waals surface area contributed by atoms with E-state index in [1.54, 1.807) is 6.92 Å². The fourth-order valence-electron chi connectivity index (χ4n) is 3.20. The van der Waals surface area contributed by atoms with Gasteiger partial charge >= 0.3 is 5.97 Å². The largest absolute Gasteiger partial charge is 0.463 e. The third-order valence-electron chi connectivity index (χ3n) is 4.44. The molecule has 1 aromatic rings. The lowest BCUT2D eigenvalue weighted by Gasteiger charge is -2.27. The molecular weight excluding hydrogens is 428 g/mol. The summed E-state index contributed by atoms with van der Waals surface area (Å²) in [4.78, 5) is 45.2. The maximum Gasteiger partial charge on any atom is 0.337 e. The minimum atomic E-state index is -1.14. The highest BCUT2D eigenvalue weighted by atomic mass is 32.2. The molecule has 1 aliphatic heterocycles. The lowest BCUT2D eigenvalue weighted by molar-refractivity contribution is -0.431. The Morgan fingerprint density at radius 2 is 2.06 bits per heavy atom. The molecule has 2 rings (SSSR count).